The fourth-order valence-electron chi connectivity index (χ4n) is 1.47. The van der Waals surface area contributed by atoms with Crippen LogP contribution in [0.5, 0.6) is 0 Å². The highest BCUT2D eigenvalue weighted by atomic mass is 32.2. The van der Waals surface area contributed by atoms with Crippen LogP contribution in [0.3, 0.4) is 0 Å². The molecule has 1 heterocycles. The Labute approximate surface area is 96.8 Å². The third kappa shape index (κ3) is 3.48. The van der Waals surface area contributed by atoms with Crippen LogP contribution in [-0.2, 0) is 9.84 Å². The van der Waals surface area contributed by atoms with Gasteiger partial charge in [-0.2, -0.15) is 0 Å². The second kappa shape index (κ2) is 5.30. The summed E-state index contributed by atoms with van der Waals surface area (Å²) in [5.41, 5.74) is 5.83. The molecule has 16 heavy (non-hydrogen) atoms. The van der Waals surface area contributed by atoms with Gasteiger partial charge < -0.3 is 5.73 Å². The zero-order valence-corrected chi connectivity index (χ0v) is 10.5. The van der Waals surface area contributed by atoms with Crippen molar-refractivity contribution in [2.24, 2.45) is 5.92 Å². The molecule has 0 spiro atoms. The van der Waals surface area contributed by atoms with E-state index in [2.05, 4.69) is 18.8 Å². The van der Waals surface area contributed by atoms with E-state index in [-0.39, 0.29) is 16.3 Å². The lowest BCUT2D eigenvalue weighted by Gasteiger charge is -2.07. The lowest BCUT2D eigenvalue weighted by Crippen LogP contribution is -2.10. The van der Waals surface area contributed by atoms with E-state index in [1.165, 1.54) is 18.5 Å². The predicted octanol–water partition coefficient (Wildman–Crippen LogP) is 1.87. The van der Waals surface area contributed by atoms with Gasteiger partial charge in [0.15, 0.2) is 9.84 Å². The molecular formula is C11H18N2O2S. The molecule has 0 unspecified atom stereocenters. The number of nitrogen functional groups attached to an aromatic ring is 1. The molecule has 0 amide bonds. The van der Waals surface area contributed by atoms with E-state index < -0.39 is 9.84 Å². The lowest BCUT2D eigenvalue weighted by molar-refractivity contribution is 0.560. The zero-order valence-electron chi connectivity index (χ0n) is 9.68. The summed E-state index contributed by atoms with van der Waals surface area (Å²) < 4.78 is 23.9. The first-order valence-corrected chi connectivity index (χ1v) is 7.01. The number of anilines is 1. The third-order valence-electron chi connectivity index (χ3n) is 2.34. The number of rotatable bonds is 5. The molecular weight excluding hydrogens is 224 g/mol. The second-order valence-electron chi connectivity index (χ2n) is 4.27. The first kappa shape index (κ1) is 13.0. The van der Waals surface area contributed by atoms with Crippen molar-refractivity contribution in [3.8, 4) is 0 Å². The molecule has 0 aliphatic heterocycles. The Bertz CT molecular complexity index is 441. The highest BCUT2D eigenvalue weighted by Crippen LogP contribution is 2.19. The Morgan fingerprint density at radius 3 is 2.69 bits per heavy atom. The number of nitrogens with two attached hydrogens (primary N) is 1. The van der Waals surface area contributed by atoms with Gasteiger partial charge in [0.2, 0.25) is 0 Å². The lowest BCUT2D eigenvalue weighted by atomic mass is 10.1. The minimum atomic E-state index is -3.25. The van der Waals surface area contributed by atoms with E-state index in [0.717, 1.165) is 6.42 Å². The number of hydrogen-bond acceptors (Lipinski definition) is 4. The monoisotopic (exact) mass is 242 g/mol. The van der Waals surface area contributed by atoms with Crippen LogP contribution in [0.1, 0.15) is 26.7 Å². The minimum Gasteiger partial charge on any atom is -0.396 e. The van der Waals surface area contributed by atoms with Gasteiger partial charge in [0.1, 0.15) is 0 Å². The smallest absolute Gasteiger partial charge is 0.180 e. The Kier molecular flexibility index (Phi) is 4.29. The van der Waals surface area contributed by atoms with Crippen LogP contribution < -0.4 is 5.73 Å². The molecule has 0 aromatic carbocycles. The number of nitrogens with zero attached hydrogens (tertiary/aromatic N) is 1. The maximum absolute atomic E-state index is 11.9. The summed E-state index contributed by atoms with van der Waals surface area (Å²) in [4.78, 5) is 3.98. The molecule has 1 rings (SSSR count). The molecule has 0 aliphatic rings. The largest absolute Gasteiger partial charge is 0.396 e. The van der Waals surface area contributed by atoms with Gasteiger partial charge in [0.25, 0.3) is 0 Å². The molecule has 90 valence electrons. The molecule has 2 N–H and O–H groups in total. The molecule has 0 fully saturated rings. The fourth-order valence-corrected chi connectivity index (χ4v) is 2.92. The van der Waals surface area contributed by atoms with Gasteiger partial charge in [0, 0.05) is 6.20 Å². The molecule has 1 aromatic rings. The Morgan fingerprint density at radius 2 is 2.12 bits per heavy atom. The number of hydrogen-bond donors (Lipinski definition) is 1. The molecule has 0 bridgehead atoms. The van der Waals surface area contributed by atoms with Crippen LogP contribution in [0.4, 0.5) is 5.69 Å². The normalized spacial score (nSPS) is 11.9. The quantitative estimate of drug-likeness (QED) is 0.855. The molecule has 1 aromatic heterocycles. The van der Waals surface area contributed by atoms with Crippen molar-refractivity contribution in [3.05, 3.63) is 18.5 Å². The van der Waals surface area contributed by atoms with Crippen molar-refractivity contribution in [3.63, 3.8) is 0 Å². The van der Waals surface area contributed by atoms with Crippen LogP contribution in [0, 0.1) is 5.92 Å². The topological polar surface area (TPSA) is 73.0 Å². The summed E-state index contributed by atoms with van der Waals surface area (Å²) >= 11 is 0. The van der Waals surface area contributed by atoms with Crippen molar-refractivity contribution in [1.82, 2.24) is 4.98 Å². The summed E-state index contributed by atoms with van der Waals surface area (Å²) in [6.07, 6.45) is 4.40. The van der Waals surface area contributed by atoms with Gasteiger partial charge in [0.05, 0.1) is 22.5 Å². The van der Waals surface area contributed by atoms with E-state index >= 15 is 0 Å². The summed E-state index contributed by atoms with van der Waals surface area (Å²) in [5, 5.41) is 0. The van der Waals surface area contributed by atoms with Gasteiger partial charge >= 0.3 is 0 Å². The predicted molar refractivity (Wildman–Crippen MR) is 64.8 cm³/mol. The van der Waals surface area contributed by atoms with Crippen molar-refractivity contribution in [1.29, 1.82) is 0 Å². The van der Waals surface area contributed by atoms with E-state index in [1.807, 2.05) is 0 Å². The van der Waals surface area contributed by atoms with Crippen LogP contribution in [0.2, 0.25) is 0 Å². The molecule has 5 heteroatoms. The van der Waals surface area contributed by atoms with Crippen LogP contribution in [0.15, 0.2) is 23.4 Å². The standard InChI is InChI=1S/C11H18N2O2S/c1-9(2)4-3-7-16(14,15)11-5-6-13-8-10(11)12/h5-6,8-9H,3-4,7,12H2,1-2H3. The third-order valence-corrected chi connectivity index (χ3v) is 4.21. The second-order valence-corrected chi connectivity index (χ2v) is 6.35. The van der Waals surface area contributed by atoms with Crippen LogP contribution in [0.25, 0.3) is 0 Å². The summed E-state index contributed by atoms with van der Waals surface area (Å²) in [6, 6.07) is 1.46. The summed E-state index contributed by atoms with van der Waals surface area (Å²) in [6.45, 7) is 4.15. The SMILES string of the molecule is CC(C)CCCS(=O)(=O)c1ccncc1N. The first-order chi connectivity index (χ1) is 7.43. The van der Waals surface area contributed by atoms with Crippen LogP contribution in [-0.4, -0.2) is 19.2 Å². The maximum Gasteiger partial charge on any atom is 0.180 e. The number of sulfone groups is 1. The molecule has 0 saturated carbocycles. The maximum atomic E-state index is 11.9. The van der Waals surface area contributed by atoms with Gasteiger partial charge in [-0.1, -0.05) is 13.8 Å². The Hall–Kier alpha value is -1.10. The average molecular weight is 242 g/mol. The van der Waals surface area contributed by atoms with Gasteiger partial charge in [-0.15, -0.1) is 0 Å². The van der Waals surface area contributed by atoms with E-state index in [9.17, 15) is 8.42 Å². The Morgan fingerprint density at radius 1 is 1.44 bits per heavy atom. The van der Waals surface area contributed by atoms with Crippen molar-refractivity contribution >= 4 is 15.5 Å². The fraction of sp³-hybridized carbons (Fsp3) is 0.545. The first-order valence-electron chi connectivity index (χ1n) is 5.35. The van der Waals surface area contributed by atoms with Crippen molar-refractivity contribution in [2.75, 3.05) is 11.5 Å². The van der Waals surface area contributed by atoms with Crippen molar-refractivity contribution in [2.45, 2.75) is 31.6 Å². The summed E-state index contributed by atoms with van der Waals surface area (Å²) in [5.74, 6) is 0.671. The molecule has 0 atom stereocenters. The van der Waals surface area contributed by atoms with Crippen LogP contribution >= 0.6 is 0 Å². The number of aromatic nitrogens is 1. The highest BCUT2D eigenvalue weighted by molar-refractivity contribution is 7.91. The average Bonchev–Trinajstić information content (AvgIpc) is 2.17. The van der Waals surface area contributed by atoms with E-state index in [0.29, 0.717) is 12.3 Å². The van der Waals surface area contributed by atoms with Crippen molar-refractivity contribution < 1.29 is 8.42 Å². The Balaban J connectivity index is 2.75. The molecule has 4 nitrogen and oxygen atoms in total. The van der Waals surface area contributed by atoms with Gasteiger partial charge in [-0.05, 0) is 24.8 Å². The zero-order chi connectivity index (χ0) is 12.2. The molecule has 0 saturated heterocycles. The number of pyridine rings is 1. The van der Waals surface area contributed by atoms with E-state index in [1.54, 1.807) is 0 Å². The molecule has 0 aliphatic carbocycles. The minimum absolute atomic E-state index is 0.152. The molecule has 0 radical (unpaired) electrons. The summed E-state index contributed by atoms with van der Waals surface area (Å²) in [7, 11) is -3.25. The van der Waals surface area contributed by atoms with Gasteiger partial charge in [-0.3, -0.25) is 4.98 Å². The van der Waals surface area contributed by atoms with Gasteiger partial charge in [-0.25, -0.2) is 8.42 Å². The van der Waals surface area contributed by atoms with E-state index in [4.69, 9.17) is 5.73 Å². The highest BCUT2D eigenvalue weighted by Gasteiger charge is 2.17.